The number of anilines is 3. The van der Waals surface area contributed by atoms with Gasteiger partial charge in [0.25, 0.3) is 0 Å². The number of benzene rings is 4. The van der Waals surface area contributed by atoms with Gasteiger partial charge in [-0.25, -0.2) is 18.7 Å². The monoisotopic (exact) mass is 641 g/mol. The summed E-state index contributed by atoms with van der Waals surface area (Å²) in [6, 6.07) is 21.0. The lowest BCUT2D eigenvalue weighted by molar-refractivity contribution is -0.135. The van der Waals surface area contributed by atoms with Crippen molar-refractivity contribution in [2.75, 3.05) is 22.1 Å². The highest BCUT2D eigenvalue weighted by Gasteiger charge is 2.27. The van der Waals surface area contributed by atoms with Crippen LogP contribution in [-0.4, -0.2) is 39.4 Å². The van der Waals surface area contributed by atoms with Crippen molar-refractivity contribution in [2.45, 2.75) is 25.6 Å². The Morgan fingerprint density at radius 2 is 1.62 bits per heavy atom. The Morgan fingerprint density at radius 1 is 0.889 bits per heavy atom. The molecule has 45 heavy (non-hydrogen) atoms. The number of H-pyrrole nitrogens is 1. The minimum absolute atomic E-state index is 0.00923. The van der Waals surface area contributed by atoms with E-state index < -0.39 is 30.3 Å². The van der Waals surface area contributed by atoms with Gasteiger partial charge in [-0.15, -0.1) is 5.10 Å². The van der Waals surface area contributed by atoms with Crippen molar-refractivity contribution in [1.29, 1.82) is 0 Å². The molecule has 0 fully saturated rings. The number of rotatable bonds is 10. The van der Waals surface area contributed by atoms with E-state index in [0.717, 1.165) is 17.7 Å². The first kappa shape index (κ1) is 31.4. The number of urea groups is 1. The summed E-state index contributed by atoms with van der Waals surface area (Å²) in [6.45, 7) is 0.183. The second-order valence-electron chi connectivity index (χ2n) is 10.00. The quantitative estimate of drug-likeness (QED) is 0.133. The molecule has 0 bridgehead atoms. The van der Waals surface area contributed by atoms with Crippen LogP contribution in [0.25, 0.3) is 22.5 Å². The van der Waals surface area contributed by atoms with Gasteiger partial charge in [0.1, 0.15) is 11.6 Å². The Balaban J connectivity index is 1.55. The summed E-state index contributed by atoms with van der Waals surface area (Å²) in [5.41, 5.74) is 3.10. The lowest BCUT2D eigenvalue weighted by atomic mass is 9.98. The lowest BCUT2D eigenvalue weighted by Crippen LogP contribution is -2.28. The summed E-state index contributed by atoms with van der Waals surface area (Å²) in [7, 11) is 0. The first-order chi connectivity index (χ1) is 21.6. The van der Waals surface area contributed by atoms with Gasteiger partial charge in [0, 0.05) is 36.2 Å². The smallest absolute Gasteiger partial charge is 0.366 e. The zero-order chi connectivity index (χ0) is 32.0. The minimum Gasteiger partial charge on any atom is -0.366 e. The van der Waals surface area contributed by atoms with Crippen LogP contribution in [0.5, 0.6) is 0 Å². The zero-order valence-corrected chi connectivity index (χ0v) is 24.1. The van der Waals surface area contributed by atoms with Crippen molar-refractivity contribution in [1.82, 2.24) is 20.6 Å². The van der Waals surface area contributed by atoms with Crippen LogP contribution in [0.15, 0.2) is 84.9 Å². The number of nitrogens with zero attached hydrogens (tertiary/aromatic N) is 4. The van der Waals surface area contributed by atoms with Gasteiger partial charge < -0.3 is 15.5 Å². The molecule has 0 aliphatic carbocycles. The number of hydrogen-bond acceptors (Lipinski definition) is 5. The van der Waals surface area contributed by atoms with Crippen molar-refractivity contribution in [3.05, 3.63) is 107 Å². The second kappa shape index (κ2) is 13.7. The third kappa shape index (κ3) is 8.32. The fourth-order valence-corrected chi connectivity index (χ4v) is 4.85. The minimum atomic E-state index is -4.35. The van der Waals surface area contributed by atoms with E-state index in [1.807, 2.05) is 6.07 Å². The summed E-state index contributed by atoms with van der Waals surface area (Å²) in [5, 5.41) is 19.5. The van der Waals surface area contributed by atoms with E-state index in [-0.39, 0.29) is 30.9 Å². The van der Waals surface area contributed by atoms with Crippen LogP contribution in [0.1, 0.15) is 18.4 Å². The summed E-state index contributed by atoms with van der Waals surface area (Å²) >= 11 is 6.04. The van der Waals surface area contributed by atoms with Gasteiger partial charge in [-0.1, -0.05) is 54.1 Å². The highest BCUT2D eigenvalue weighted by molar-refractivity contribution is 6.30. The van der Waals surface area contributed by atoms with Gasteiger partial charge in [-0.05, 0) is 69.9 Å². The number of halogens is 6. The summed E-state index contributed by atoms with van der Waals surface area (Å²) in [5.74, 6) is -1.40. The predicted octanol–water partition coefficient (Wildman–Crippen LogP) is 8.46. The molecule has 0 saturated heterocycles. The Hall–Kier alpha value is -5.04. The average Bonchev–Trinajstić information content (AvgIpc) is 3.54. The fourth-order valence-electron chi connectivity index (χ4n) is 4.73. The SMILES string of the molecule is O=C(Nc1ccc(F)cc1F)Nc1cc(-c2ccccc2-c2nnn[nH]2)ccc1N(CCCC(F)(F)F)Cc1ccc(Cl)cc1. The number of aromatic nitrogens is 4. The molecule has 5 rings (SSSR count). The normalized spacial score (nSPS) is 11.3. The molecule has 0 aliphatic rings. The van der Waals surface area contributed by atoms with Crippen LogP contribution in [0.2, 0.25) is 5.02 Å². The summed E-state index contributed by atoms with van der Waals surface area (Å²) in [6.07, 6.45) is -5.57. The van der Waals surface area contributed by atoms with Crippen LogP contribution < -0.4 is 15.5 Å². The highest BCUT2D eigenvalue weighted by atomic mass is 35.5. The summed E-state index contributed by atoms with van der Waals surface area (Å²) < 4.78 is 67.1. The predicted molar refractivity (Wildman–Crippen MR) is 162 cm³/mol. The Kier molecular flexibility index (Phi) is 9.57. The van der Waals surface area contributed by atoms with Gasteiger partial charge in [0.05, 0.1) is 17.1 Å². The van der Waals surface area contributed by atoms with E-state index in [9.17, 15) is 26.7 Å². The Labute approximate surface area is 259 Å². The Bertz CT molecular complexity index is 1770. The highest BCUT2D eigenvalue weighted by Crippen LogP contribution is 2.37. The van der Waals surface area contributed by atoms with Crippen LogP contribution in [0, 0.1) is 11.6 Å². The molecule has 0 unspecified atom stereocenters. The molecule has 2 amide bonds. The van der Waals surface area contributed by atoms with Crippen LogP contribution in [-0.2, 0) is 6.54 Å². The van der Waals surface area contributed by atoms with Crippen LogP contribution in [0.4, 0.5) is 43.8 Å². The molecule has 0 saturated carbocycles. The molecule has 3 N–H and O–H groups in total. The molecule has 4 aromatic carbocycles. The standard InChI is InChI=1S/C31H25ClF5N7O/c32-21-9-6-19(7-10-21)18-44(15-3-14-31(35,36)37)28-13-8-20(23-4-1-2-5-24(23)29-40-42-43-41-29)16-27(28)39-30(45)38-26-12-11-22(33)17-25(26)34/h1-2,4-13,16-17H,3,14-15,18H2,(H2,38,39,45)(H,40,41,42,43). The zero-order valence-electron chi connectivity index (χ0n) is 23.4. The molecule has 5 aromatic rings. The molecule has 0 atom stereocenters. The van der Waals surface area contributed by atoms with Gasteiger partial charge in [0.2, 0.25) is 0 Å². The molecule has 14 heteroatoms. The Morgan fingerprint density at radius 3 is 2.31 bits per heavy atom. The first-order valence-corrected chi connectivity index (χ1v) is 14.0. The molecule has 232 valence electrons. The lowest BCUT2D eigenvalue weighted by Gasteiger charge is -2.28. The fraction of sp³-hybridized carbons (Fsp3) is 0.161. The van der Waals surface area contributed by atoms with Crippen LogP contribution >= 0.6 is 11.6 Å². The third-order valence-electron chi connectivity index (χ3n) is 6.78. The molecule has 1 heterocycles. The number of tetrazole rings is 1. The average molecular weight is 642 g/mol. The van der Waals surface area contributed by atoms with Crippen molar-refractivity contribution in [2.24, 2.45) is 0 Å². The number of aromatic amines is 1. The number of nitrogens with one attached hydrogen (secondary N) is 3. The van der Waals surface area contributed by atoms with E-state index in [1.54, 1.807) is 65.6 Å². The second-order valence-corrected chi connectivity index (χ2v) is 10.4. The van der Waals surface area contributed by atoms with Crippen molar-refractivity contribution < 1.29 is 26.7 Å². The van der Waals surface area contributed by atoms with Gasteiger partial charge in [0.15, 0.2) is 5.82 Å². The summed E-state index contributed by atoms with van der Waals surface area (Å²) in [4.78, 5) is 14.8. The van der Waals surface area contributed by atoms with E-state index in [1.165, 1.54) is 0 Å². The number of carbonyl (C=O) groups is 1. The van der Waals surface area contributed by atoms with Crippen LogP contribution in [0.3, 0.4) is 0 Å². The molecule has 0 spiro atoms. The number of carbonyl (C=O) groups excluding carboxylic acids is 1. The first-order valence-electron chi connectivity index (χ1n) is 13.6. The van der Waals surface area contributed by atoms with Crippen molar-refractivity contribution in [3.63, 3.8) is 0 Å². The van der Waals surface area contributed by atoms with Gasteiger partial charge in [-0.2, -0.15) is 13.2 Å². The maximum Gasteiger partial charge on any atom is 0.389 e. The molecular weight excluding hydrogens is 617 g/mol. The molecule has 0 aliphatic heterocycles. The van der Waals surface area contributed by atoms with Crippen molar-refractivity contribution in [3.8, 4) is 22.5 Å². The topological polar surface area (TPSA) is 98.8 Å². The number of alkyl halides is 3. The third-order valence-corrected chi connectivity index (χ3v) is 7.03. The van der Waals surface area contributed by atoms with E-state index in [0.29, 0.717) is 39.3 Å². The molecule has 1 aromatic heterocycles. The maximum absolute atomic E-state index is 14.3. The maximum atomic E-state index is 14.3. The van der Waals surface area contributed by atoms with E-state index in [4.69, 9.17) is 11.6 Å². The van der Waals surface area contributed by atoms with E-state index in [2.05, 4.69) is 31.3 Å². The number of hydrogen-bond donors (Lipinski definition) is 3. The van der Waals surface area contributed by atoms with Gasteiger partial charge in [-0.3, -0.25) is 0 Å². The number of amides is 2. The van der Waals surface area contributed by atoms with E-state index >= 15 is 0 Å². The molecular formula is C31H25ClF5N7O. The largest absolute Gasteiger partial charge is 0.389 e. The molecule has 0 radical (unpaired) electrons. The molecule has 8 nitrogen and oxygen atoms in total. The van der Waals surface area contributed by atoms with Crippen molar-refractivity contribution >= 4 is 34.7 Å². The van der Waals surface area contributed by atoms with Gasteiger partial charge >= 0.3 is 12.2 Å².